The van der Waals surface area contributed by atoms with Crippen molar-refractivity contribution in [2.45, 2.75) is 65.0 Å². The summed E-state index contributed by atoms with van der Waals surface area (Å²) in [5, 5.41) is 11.4. The number of thiophene rings is 1. The first-order valence-electron chi connectivity index (χ1n) is 12.2. The second-order valence-corrected chi connectivity index (χ2v) is 15.4. The molecule has 35 heavy (non-hydrogen) atoms. The van der Waals surface area contributed by atoms with Crippen LogP contribution in [0.1, 0.15) is 79.4 Å². The van der Waals surface area contributed by atoms with Crippen molar-refractivity contribution in [1.82, 2.24) is 0 Å². The average Bonchev–Trinajstić information content (AvgIpc) is 3.23. The standard InChI is InChI=1S/C28H36ClO4PS/c1-19(34(5,32)22-9-7-21(29)8-10-22)24(11-6-20-13-16-33-17-14-20)25-18-23(12-15-28(2,3)4)35-26(25)27(30)31/h7-10,18-20,24H,6,11,13-14,16-17H2,1-5H3,(H,30,31). The van der Waals surface area contributed by atoms with Gasteiger partial charge >= 0.3 is 5.97 Å². The Balaban J connectivity index is 2.02. The van der Waals surface area contributed by atoms with Crippen LogP contribution >= 0.6 is 30.1 Å². The van der Waals surface area contributed by atoms with Gasteiger partial charge in [-0.15, -0.1) is 11.3 Å². The molecule has 3 rings (SSSR count). The van der Waals surface area contributed by atoms with E-state index in [1.165, 1.54) is 11.3 Å². The Morgan fingerprint density at radius 3 is 2.46 bits per heavy atom. The Bertz CT molecular complexity index is 1130. The van der Waals surface area contributed by atoms with Crippen molar-refractivity contribution in [3.8, 4) is 11.8 Å². The number of halogens is 1. The molecule has 0 spiro atoms. The number of carbonyl (C=O) groups is 1. The monoisotopic (exact) mass is 534 g/mol. The van der Waals surface area contributed by atoms with Gasteiger partial charge in [0.1, 0.15) is 12.0 Å². The molecule has 190 valence electrons. The summed E-state index contributed by atoms with van der Waals surface area (Å²) < 4.78 is 19.7. The first-order valence-corrected chi connectivity index (χ1v) is 15.6. The van der Waals surface area contributed by atoms with Crippen molar-refractivity contribution >= 4 is 41.4 Å². The highest BCUT2D eigenvalue weighted by Crippen LogP contribution is 2.53. The minimum Gasteiger partial charge on any atom is -0.477 e. The second kappa shape index (κ2) is 11.7. The van der Waals surface area contributed by atoms with E-state index in [1.54, 1.807) is 12.1 Å². The van der Waals surface area contributed by atoms with E-state index in [-0.39, 0.29) is 17.0 Å². The summed E-state index contributed by atoms with van der Waals surface area (Å²) in [6.45, 7) is 11.5. The number of carboxylic acid groups (broad SMARTS) is 1. The lowest BCUT2D eigenvalue weighted by Gasteiger charge is -2.31. The fourth-order valence-corrected chi connectivity index (χ4v) is 7.84. The number of benzene rings is 1. The Labute approximate surface area is 218 Å². The van der Waals surface area contributed by atoms with Gasteiger partial charge in [-0.05, 0) is 88.7 Å². The summed E-state index contributed by atoms with van der Waals surface area (Å²) in [7, 11) is -2.84. The molecule has 1 aliphatic rings. The van der Waals surface area contributed by atoms with E-state index in [1.807, 2.05) is 52.6 Å². The Kier molecular flexibility index (Phi) is 9.33. The first-order chi connectivity index (χ1) is 16.4. The van der Waals surface area contributed by atoms with Gasteiger partial charge in [0.15, 0.2) is 0 Å². The minimum absolute atomic E-state index is 0.156. The molecule has 0 aliphatic carbocycles. The lowest BCUT2D eigenvalue weighted by molar-refractivity contribution is 0.0627. The molecule has 1 aromatic heterocycles. The molecule has 0 saturated carbocycles. The number of ether oxygens (including phenoxy) is 1. The summed E-state index contributed by atoms with van der Waals surface area (Å²) in [6.07, 6.45) is 3.76. The lowest BCUT2D eigenvalue weighted by atomic mass is 9.85. The third-order valence-corrected chi connectivity index (χ3v) is 11.4. The smallest absolute Gasteiger partial charge is 0.346 e. The van der Waals surface area contributed by atoms with Crippen LogP contribution in [0.3, 0.4) is 0 Å². The number of hydrogen-bond acceptors (Lipinski definition) is 4. The molecule has 0 bridgehead atoms. The minimum atomic E-state index is -2.84. The molecular formula is C28H36ClO4PS. The van der Waals surface area contributed by atoms with Gasteiger partial charge in [-0.2, -0.15) is 0 Å². The second-order valence-electron chi connectivity index (χ2n) is 10.6. The summed E-state index contributed by atoms with van der Waals surface area (Å²) >= 11 is 7.30. The normalized spacial score (nSPS) is 18.2. The number of rotatable bonds is 8. The van der Waals surface area contributed by atoms with Gasteiger partial charge in [0, 0.05) is 34.6 Å². The zero-order valence-corrected chi connectivity index (χ0v) is 23.7. The molecule has 1 aromatic carbocycles. The van der Waals surface area contributed by atoms with Gasteiger partial charge in [-0.3, -0.25) is 0 Å². The highest BCUT2D eigenvalue weighted by molar-refractivity contribution is 7.71. The molecule has 1 N–H and O–H groups in total. The summed E-state index contributed by atoms with van der Waals surface area (Å²) in [6, 6.07) is 9.14. The molecule has 3 atom stereocenters. The SMILES string of the molecule is CC(C(CCC1CCOCC1)c1cc(C#CC(C)(C)C)sc1C(=O)O)P(C)(=O)c1ccc(Cl)cc1. The third kappa shape index (κ3) is 7.46. The van der Waals surface area contributed by atoms with E-state index in [2.05, 4.69) is 11.8 Å². The van der Waals surface area contributed by atoms with Crippen LogP contribution in [0.2, 0.25) is 5.02 Å². The molecule has 3 unspecified atom stereocenters. The van der Waals surface area contributed by atoms with Crippen molar-refractivity contribution < 1.29 is 19.2 Å². The van der Waals surface area contributed by atoms with Crippen molar-refractivity contribution in [2.24, 2.45) is 11.3 Å². The molecule has 1 aliphatic heterocycles. The average molecular weight is 535 g/mol. The molecule has 2 aromatic rings. The first kappa shape index (κ1) is 28.0. The van der Waals surface area contributed by atoms with Gasteiger partial charge in [0.05, 0.1) is 4.88 Å². The van der Waals surface area contributed by atoms with Crippen LogP contribution in [0, 0.1) is 23.2 Å². The summed E-state index contributed by atoms with van der Waals surface area (Å²) in [5.74, 6) is 5.83. The van der Waals surface area contributed by atoms with Gasteiger partial charge in [0.25, 0.3) is 0 Å². The fourth-order valence-electron chi connectivity index (χ4n) is 4.58. The molecule has 4 nitrogen and oxygen atoms in total. The van der Waals surface area contributed by atoms with Crippen LogP contribution in [0.15, 0.2) is 30.3 Å². The predicted octanol–water partition coefficient (Wildman–Crippen LogP) is 7.49. The van der Waals surface area contributed by atoms with Crippen LogP contribution in [-0.4, -0.2) is 36.6 Å². The quantitative estimate of drug-likeness (QED) is 0.281. The van der Waals surface area contributed by atoms with Crippen LogP contribution in [0.25, 0.3) is 0 Å². The zero-order chi connectivity index (χ0) is 25.8. The van der Waals surface area contributed by atoms with Crippen LogP contribution in [0.4, 0.5) is 0 Å². The molecule has 1 saturated heterocycles. The van der Waals surface area contributed by atoms with E-state index in [0.717, 1.165) is 54.6 Å². The van der Waals surface area contributed by atoms with Gasteiger partial charge < -0.3 is 14.4 Å². The molecule has 7 heteroatoms. The van der Waals surface area contributed by atoms with Crippen molar-refractivity contribution in [3.05, 3.63) is 50.7 Å². The van der Waals surface area contributed by atoms with Gasteiger partial charge in [-0.1, -0.05) is 42.5 Å². The molecule has 2 heterocycles. The maximum absolute atomic E-state index is 14.2. The maximum atomic E-state index is 14.2. The molecule has 1 fully saturated rings. The van der Waals surface area contributed by atoms with E-state index in [4.69, 9.17) is 16.3 Å². The van der Waals surface area contributed by atoms with Crippen LogP contribution < -0.4 is 5.30 Å². The van der Waals surface area contributed by atoms with Gasteiger partial charge in [-0.25, -0.2) is 4.79 Å². The molecular weight excluding hydrogens is 499 g/mol. The summed E-state index contributed by atoms with van der Waals surface area (Å²) in [5.41, 5.74) is 0.340. The molecule has 0 radical (unpaired) electrons. The van der Waals surface area contributed by atoms with Crippen molar-refractivity contribution in [2.75, 3.05) is 19.9 Å². The topological polar surface area (TPSA) is 63.6 Å². The number of aromatic carboxylic acids is 1. The van der Waals surface area contributed by atoms with Crippen LogP contribution in [0.5, 0.6) is 0 Å². The Morgan fingerprint density at radius 2 is 1.89 bits per heavy atom. The van der Waals surface area contributed by atoms with E-state index < -0.39 is 13.1 Å². The zero-order valence-electron chi connectivity index (χ0n) is 21.3. The number of hydrogen-bond donors (Lipinski definition) is 1. The lowest BCUT2D eigenvalue weighted by Crippen LogP contribution is -2.24. The Hall–Kier alpha value is -1.57. The molecule has 0 amide bonds. The fraction of sp³-hybridized carbons (Fsp3) is 0.536. The van der Waals surface area contributed by atoms with Crippen molar-refractivity contribution in [3.63, 3.8) is 0 Å². The highest BCUT2D eigenvalue weighted by atomic mass is 35.5. The van der Waals surface area contributed by atoms with Gasteiger partial charge in [0.2, 0.25) is 0 Å². The predicted molar refractivity (Wildman–Crippen MR) is 147 cm³/mol. The van der Waals surface area contributed by atoms with E-state index >= 15 is 0 Å². The van der Waals surface area contributed by atoms with Crippen molar-refractivity contribution in [1.29, 1.82) is 0 Å². The van der Waals surface area contributed by atoms with E-state index in [0.29, 0.717) is 15.8 Å². The largest absolute Gasteiger partial charge is 0.477 e. The number of carboxylic acids is 1. The third-order valence-electron chi connectivity index (χ3n) is 6.84. The summed E-state index contributed by atoms with van der Waals surface area (Å²) in [4.78, 5) is 13.3. The van der Waals surface area contributed by atoms with E-state index in [9.17, 15) is 14.5 Å². The highest BCUT2D eigenvalue weighted by Gasteiger charge is 2.36. The maximum Gasteiger partial charge on any atom is 0.346 e. The Morgan fingerprint density at radius 1 is 1.26 bits per heavy atom. The van der Waals surface area contributed by atoms with Crippen LogP contribution in [-0.2, 0) is 9.30 Å².